The Bertz CT molecular complexity index is 1120. The Morgan fingerprint density at radius 2 is 1.65 bits per heavy atom. The molecule has 1 unspecified atom stereocenters. The second-order valence-corrected chi connectivity index (χ2v) is 9.59. The highest BCUT2D eigenvalue weighted by molar-refractivity contribution is 7.94. The summed E-state index contributed by atoms with van der Waals surface area (Å²) in [6.45, 7) is 4.67. The van der Waals surface area contributed by atoms with Crippen LogP contribution < -0.4 is 4.31 Å². The van der Waals surface area contributed by atoms with Gasteiger partial charge < -0.3 is 5.11 Å². The molecular formula is C20H20N2O3S. The molecule has 0 amide bonds. The molecule has 2 heterocycles. The molecule has 0 bridgehead atoms. The number of hydrogen-bond acceptors (Lipinski definition) is 4. The van der Waals surface area contributed by atoms with E-state index in [9.17, 15) is 13.5 Å². The maximum absolute atomic E-state index is 13.5. The van der Waals surface area contributed by atoms with Gasteiger partial charge in [-0.3, -0.25) is 4.98 Å². The van der Waals surface area contributed by atoms with Crippen LogP contribution in [0.3, 0.4) is 0 Å². The fourth-order valence-electron chi connectivity index (χ4n) is 3.44. The normalized spacial score (nSPS) is 23.6. The van der Waals surface area contributed by atoms with Gasteiger partial charge in [-0.05, 0) is 39.0 Å². The topological polar surface area (TPSA) is 70.5 Å². The van der Waals surface area contributed by atoms with Crippen LogP contribution in [0.15, 0.2) is 60.8 Å². The Hall–Kier alpha value is -2.44. The number of para-hydroxylation sites is 2. The molecule has 1 atom stereocenters. The summed E-state index contributed by atoms with van der Waals surface area (Å²) in [7, 11) is -3.90. The van der Waals surface area contributed by atoms with Gasteiger partial charge in [0.2, 0.25) is 10.0 Å². The van der Waals surface area contributed by atoms with Gasteiger partial charge in [0.05, 0.1) is 23.1 Å². The van der Waals surface area contributed by atoms with Crippen LogP contribution in [0.1, 0.15) is 26.3 Å². The van der Waals surface area contributed by atoms with Crippen molar-refractivity contribution in [2.45, 2.75) is 31.1 Å². The van der Waals surface area contributed by atoms with Crippen molar-refractivity contribution in [1.29, 1.82) is 0 Å². The number of nitrogens with zero attached hydrogens (tertiary/aromatic N) is 2. The molecule has 3 aromatic rings. The Balaban J connectivity index is 2.05. The van der Waals surface area contributed by atoms with Gasteiger partial charge in [-0.2, -0.15) is 0 Å². The van der Waals surface area contributed by atoms with Gasteiger partial charge in [0.1, 0.15) is 10.3 Å². The van der Waals surface area contributed by atoms with Crippen molar-refractivity contribution in [1.82, 2.24) is 4.98 Å². The first-order valence-corrected chi connectivity index (χ1v) is 9.83. The summed E-state index contributed by atoms with van der Waals surface area (Å²) in [6.07, 6.45) is 1.56. The maximum Gasteiger partial charge on any atom is 0.247 e. The Labute approximate surface area is 153 Å². The predicted molar refractivity (Wildman–Crippen MR) is 103 cm³/mol. The molecule has 134 valence electrons. The smallest absolute Gasteiger partial charge is 0.247 e. The fraction of sp³-hybridized carbons (Fsp3) is 0.250. The monoisotopic (exact) mass is 368 g/mol. The van der Waals surface area contributed by atoms with Crippen molar-refractivity contribution in [3.8, 4) is 0 Å². The van der Waals surface area contributed by atoms with E-state index in [1.54, 1.807) is 51.2 Å². The van der Waals surface area contributed by atoms with Crippen LogP contribution in [0, 0.1) is 0 Å². The highest BCUT2D eigenvalue weighted by Gasteiger charge is 2.58. The third-order valence-electron chi connectivity index (χ3n) is 5.52. The molecule has 6 heteroatoms. The molecule has 1 N–H and O–H groups in total. The molecule has 0 spiro atoms. The van der Waals surface area contributed by atoms with Gasteiger partial charge in [0.15, 0.2) is 0 Å². The molecule has 0 saturated carbocycles. The summed E-state index contributed by atoms with van der Waals surface area (Å²) in [6, 6.07) is 16.4. The molecule has 0 saturated heterocycles. The summed E-state index contributed by atoms with van der Waals surface area (Å²) >= 11 is 0. The van der Waals surface area contributed by atoms with E-state index in [1.165, 1.54) is 4.31 Å². The molecule has 0 fully saturated rings. The number of aromatic nitrogens is 1. The molecule has 26 heavy (non-hydrogen) atoms. The van der Waals surface area contributed by atoms with E-state index >= 15 is 0 Å². The number of benzene rings is 2. The van der Waals surface area contributed by atoms with Crippen molar-refractivity contribution in [2.24, 2.45) is 0 Å². The minimum atomic E-state index is -3.90. The first kappa shape index (κ1) is 17.0. The van der Waals surface area contributed by atoms with E-state index in [0.717, 1.165) is 10.9 Å². The average molecular weight is 368 g/mol. The lowest BCUT2D eigenvalue weighted by molar-refractivity contribution is 0.0207. The second-order valence-electron chi connectivity index (χ2n) is 7.26. The minimum Gasteiger partial charge on any atom is -0.384 e. The standard InChI is InChI=1S/C20H20N2O3S/c1-19(2)20(3,23)16-9-5-7-11-18(16)22(26(19,24)25)15-12-14-8-4-6-10-17(14)21-13-15/h4-13,23H,1-3H3. The summed E-state index contributed by atoms with van der Waals surface area (Å²) in [5.41, 5.74) is 0.759. The van der Waals surface area contributed by atoms with E-state index < -0.39 is 20.4 Å². The third-order valence-corrected chi connectivity index (χ3v) is 8.09. The molecule has 2 aromatic carbocycles. The van der Waals surface area contributed by atoms with Crippen LogP contribution in [-0.2, 0) is 15.6 Å². The zero-order chi connectivity index (χ0) is 18.7. The first-order chi connectivity index (χ1) is 12.2. The Kier molecular flexibility index (Phi) is 3.45. The van der Waals surface area contributed by atoms with E-state index in [2.05, 4.69) is 4.98 Å². The lowest BCUT2D eigenvalue weighted by atomic mass is 9.83. The average Bonchev–Trinajstić information content (AvgIpc) is 2.61. The summed E-state index contributed by atoms with van der Waals surface area (Å²) in [5, 5.41) is 12.0. The summed E-state index contributed by atoms with van der Waals surface area (Å²) in [5.74, 6) is 0. The third kappa shape index (κ3) is 2.06. The number of hydrogen-bond donors (Lipinski definition) is 1. The van der Waals surface area contributed by atoms with Crippen LogP contribution in [-0.4, -0.2) is 23.3 Å². The number of fused-ring (bicyclic) bond motifs is 2. The van der Waals surface area contributed by atoms with E-state index in [-0.39, 0.29) is 0 Å². The SMILES string of the molecule is CC1(O)c2ccccc2N(c2cnc3ccccc3c2)S(=O)(=O)C1(C)C. The van der Waals surface area contributed by atoms with Crippen molar-refractivity contribution < 1.29 is 13.5 Å². The molecule has 1 aliphatic rings. The Morgan fingerprint density at radius 1 is 1.00 bits per heavy atom. The predicted octanol–water partition coefficient (Wildman–Crippen LogP) is 3.70. The molecule has 5 nitrogen and oxygen atoms in total. The van der Waals surface area contributed by atoms with Crippen molar-refractivity contribution >= 4 is 32.3 Å². The summed E-state index contributed by atoms with van der Waals surface area (Å²) in [4.78, 5) is 4.41. The number of pyridine rings is 1. The van der Waals surface area contributed by atoms with Gasteiger partial charge >= 0.3 is 0 Å². The highest BCUT2D eigenvalue weighted by atomic mass is 32.2. The number of anilines is 2. The van der Waals surface area contributed by atoms with Crippen LogP contribution in [0.5, 0.6) is 0 Å². The lowest BCUT2D eigenvalue weighted by Gasteiger charge is -2.48. The van der Waals surface area contributed by atoms with Crippen molar-refractivity contribution in [2.75, 3.05) is 4.31 Å². The zero-order valence-electron chi connectivity index (χ0n) is 14.8. The fourth-order valence-corrected chi connectivity index (χ4v) is 5.31. The zero-order valence-corrected chi connectivity index (χ0v) is 15.7. The number of aliphatic hydroxyl groups is 1. The minimum absolute atomic E-state index is 0.453. The molecular weight excluding hydrogens is 348 g/mol. The van der Waals surface area contributed by atoms with Crippen LogP contribution in [0.4, 0.5) is 11.4 Å². The van der Waals surface area contributed by atoms with E-state index in [1.807, 2.05) is 30.3 Å². The maximum atomic E-state index is 13.5. The van der Waals surface area contributed by atoms with Gasteiger partial charge in [0.25, 0.3) is 0 Å². The largest absolute Gasteiger partial charge is 0.384 e. The summed E-state index contributed by atoms with van der Waals surface area (Å²) < 4.78 is 26.9. The van der Waals surface area contributed by atoms with Crippen molar-refractivity contribution in [3.05, 3.63) is 66.4 Å². The number of rotatable bonds is 1. The lowest BCUT2D eigenvalue weighted by Crippen LogP contribution is -2.59. The second kappa shape index (κ2) is 5.28. The number of sulfonamides is 1. The van der Waals surface area contributed by atoms with E-state index in [4.69, 9.17) is 0 Å². The first-order valence-electron chi connectivity index (χ1n) is 8.39. The van der Waals surface area contributed by atoms with Gasteiger partial charge in [-0.15, -0.1) is 0 Å². The molecule has 4 rings (SSSR count). The van der Waals surface area contributed by atoms with Crippen LogP contribution in [0.2, 0.25) is 0 Å². The van der Waals surface area contributed by atoms with Gasteiger partial charge in [-0.1, -0.05) is 36.4 Å². The van der Waals surface area contributed by atoms with Gasteiger partial charge in [-0.25, -0.2) is 12.7 Å². The quantitative estimate of drug-likeness (QED) is 0.711. The molecule has 0 aliphatic carbocycles. The molecule has 1 aliphatic heterocycles. The van der Waals surface area contributed by atoms with Gasteiger partial charge in [0, 0.05) is 10.9 Å². The van der Waals surface area contributed by atoms with Crippen LogP contribution >= 0.6 is 0 Å². The Morgan fingerprint density at radius 3 is 2.42 bits per heavy atom. The molecule has 1 aromatic heterocycles. The van der Waals surface area contributed by atoms with Crippen LogP contribution in [0.25, 0.3) is 10.9 Å². The van der Waals surface area contributed by atoms with Crippen molar-refractivity contribution in [3.63, 3.8) is 0 Å². The molecule has 0 radical (unpaired) electrons. The highest BCUT2D eigenvalue weighted by Crippen LogP contribution is 2.51. The van der Waals surface area contributed by atoms with E-state index in [0.29, 0.717) is 16.9 Å².